The number of nitrogens with zero attached hydrogens (tertiary/aromatic N) is 4. The zero-order valence-electron chi connectivity index (χ0n) is 22.1. The number of rotatable bonds is 14. The van der Waals surface area contributed by atoms with Crippen molar-refractivity contribution in [2.45, 2.75) is 57.6 Å². The van der Waals surface area contributed by atoms with Crippen molar-refractivity contribution in [1.82, 2.24) is 19.9 Å². The Hall–Kier alpha value is -3.37. The standard InChI is InChI=1S/C28H37FN6O3/c1-19(38-2)17-35(14-4-3-7-22-10-8-20-6-5-13-30-26(20)33-22)15-12-25(28(36)37)34-27-23-16-21(29)9-11-24(23)31-18-32-27/h8-11,16,18-19,25H,3-7,12-15,17H2,1-2H3,(H,30,33)(H,36,37)(H,31,32,34). The monoisotopic (exact) mass is 524 g/mol. The summed E-state index contributed by atoms with van der Waals surface area (Å²) in [5.74, 6) is -0.0785. The predicted octanol–water partition coefficient (Wildman–Crippen LogP) is 4.14. The summed E-state index contributed by atoms with van der Waals surface area (Å²) in [6.07, 6.45) is 6.81. The van der Waals surface area contributed by atoms with E-state index >= 15 is 0 Å². The maximum absolute atomic E-state index is 13.8. The van der Waals surface area contributed by atoms with Gasteiger partial charge in [0.15, 0.2) is 0 Å². The molecule has 4 rings (SSSR count). The average Bonchev–Trinajstić information content (AvgIpc) is 2.92. The Morgan fingerprint density at radius 2 is 2.11 bits per heavy atom. The van der Waals surface area contributed by atoms with Gasteiger partial charge < -0.3 is 25.4 Å². The number of carbonyl (C=O) groups is 1. The number of aryl methyl sites for hydroxylation is 2. The smallest absolute Gasteiger partial charge is 0.326 e. The van der Waals surface area contributed by atoms with Gasteiger partial charge in [-0.25, -0.2) is 24.1 Å². The number of halogens is 1. The maximum Gasteiger partial charge on any atom is 0.326 e. The molecule has 38 heavy (non-hydrogen) atoms. The summed E-state index contributed by atoms with van der Waals surface area (Å²) in [4.78, 5) is 27.4. The summed E-state index contributed by atoms with van der Waals surface area (Å²) >= 11 is 0. The molecule has 9 nitrogen and oxygen atoms in total. The van der Waals surface area contributed by atoms with E-state index in [2.05, 4.69) is 37.6 Å². The molecule has 2 unspecified atom stereocenters. The first kappa shape index (κ1) is 27.7. The summed E-state index contributed by atoms with van der Waals surface area (Å²) in [6, 6.07) is 7.62. The molecule has 0 fully saturated rings. The Bertz CT molecular complexity index is 1230. The minimum absolute atomic E-state index is 0.0217. The molecule has 1 aliphatic rings. The maximum atomic E-state index is 13.8. The Morgan fingerprint density at radius 1 is 1.24 bits per heavy atom. The SMILES string of the molecule is COC(C)CN(CCCCc1ccc2c(n1)NCCC2)CCC(Nc1ncnc2ccc(F)cc12)C(=O)O. The first-order valence-electron chi connectivity index (χ1n) is 13.3. The fourth-order valence-corrected chi connectivity index (χ4v) is 4.76. The van der Waals surface area contributed by atoms with Gasteiger partial charge in [-0.3, -0.25) is 0 Å². The van der Waals surface area contributed by atoms with Crippen LogP contribution >= 0.6 is 0 Å². The number of anilines is 2. The fraction of sp³-hybridized carbons (Fsp3) is 0.500. The molecule has 0 amide bonds. The summed E-state index contributed by atoms with van der Waals surface area (Å²) in [6.45, 7) is 5.07. The molecule has 204 valence electrons. The zero-order chi connectivity index (χ0) is 26.9. The quantitative estimate of drug-likeness (QED) is 0.268. The molecule has 3 N–H and O–H groups in total. The van der Waals surface area contributed by atoms with Gasteiger partial charge >= 0.3 is 5.97 Å². The van der Waals surface area contributed by atoms with Crippen LogP contribution in [0.25, 0.3) is 10.9 Å². The number of nitrogens with one attached hydrogen (secondary N) is 2. The van der Waals surface area contributed by atoms with Crippen molar-refractivity contribution in [2.24, 2.45) is 0 Å². The molecule has 2 atom stereocenters. The van der Waals surface area contributed by atoms with E-state index in [0.717, 1.165) is 56.7 Å². The van der Waals surface area contributed by atoms with Crippen molar-refractivity contribution in [2.75, 3.05) is 43.9 Å². The predicted molar refractivity (Wildman–Crippen MR) is 146 cm³/mol. The van der Waals surface area contributed by atoms with E-state index in [1.165, 1.54) is 24.0 Å². The molecule has 3 aromatic rings. The molecule has 2 aromatic heterocycles. The lowest BCUT2D eigenvalue weighted by atomic mass is 10.1. The van der Waals surface area contributed by atoms with Gasteiger partial charge in [0.25, 0.3) is 0 Å². The van der Waals surface area contributed by atoms with E-state index in [9.17, 15) is 14.3 Å². The highest BCUT2D eigenvalue weighted by atomic mass is 19.1. The molecule has 0 saturated heterocycles. The molecule has 0 radical (unpaired) electrons. The van der Waals surface area contributed by atoms with Gasteiger partial charge in [-0.1, -0.05) is 6.07 Å². The number of ether oxygens (including phenoxy) is 1. The molecule has 10 heteroatoms. The first-order chi connectivity index (χ1) is 18.4. The van der Waals surface area contributed by atoms with Crippen LogP contribution in [0.2, 0.25) is 0 Å². The van der Waals surface area contributed by atoms with Crippen molar-refractivity contribution in [3.05, 3.63) is 53.7 Å². The van der Waals surface area contributed by atoms with Crippen molar-refractivity contribution in [1.29, 1.82) is 0 Å². The van der Waals surface area contributed by atoms with Crippen LogP contribution in [0.1, 0.15) is 43.9 Å². The second-order valence-electron chi connectivity index (χ2n) is 9.85. The number of fused-ring (bicyclic) bond motifs is 2. The van der Waals surface area contributed by atoms with Crippen LogP contribution in [0.15, 0.2) is 36.7 Å². The highest BCUT2D eigenvalue weighted by Crippen LogP contribution is 2.22. The van der Waals surface area contributed by atoms with E-state index in [1.54, 1.807) is 13.2 Å². The average molecular weight is 525 g/mol. The number of hydrogen-bond acceptors (Lipinski definition) is 8. The minimum Gasteiger partial charge on any atom is -0.480 e. The van der Waals surface area contributed by atoms with Gasteiger partial charge in [0.2, 0.25) is 0 Å². The number of unbranched alkanes of at least 4 members (excludes halogenated alkanes) is 1. The van der Waals surface area contributed by atoms with E-state index in [-0.39, 0.29) is 6.10 Å². The lowest BCUT2D eigenvalue weighted by Crippen LogP contribution is -2.38. The number of benzene rings is 1. The Balaban J connectivity index is 1.33. The number of pyridine rings is 1. The molecule has 3 heterocycles. The van der Waals surface area contributed by atoms with Crippen molar-refractivity contribution in [3.8, 4) is 0 Å². The minimum atomic E-state index is -0.986. The van der Waals surface area contributed by atoms with Crippen LogP contribution in [0.4, 0.5) is 16.0 Å². The highest BCUT2D eigenvalue weighted by Gasteiger charge is 2.21. The molecular formula is C28H37FN6O3. The third-order valence-corrected chi connectivity index (χ3v) is 6.97. The van der Waals surface area contributed by atoms with Gasteiger partial charge in [-0.15, -0.1) is 0 Å². The summed E-state index contributed by atoms with van der Waals surface area (Å²) in [7, 11) is 1.68. The molecule has 0 bridgehead atoms. The van der Waals surface area contributed by atoms with Crippen molar-refractivity contribution >= 4 is 28.5 Å². The number of aromatic nitrogens is 3. The fourth-order valence-electron chi connectivity index (χ4n) is 4.76. The van der Waals surface area contributed by atoms with Crippen LogP contribution in [0.5, 0.6) is 0 Å². The van der Waals surface area contributed by atoms with Gasteiger partial charge in [0, 0.05) is 37.8 Å². The van der Waals surface area contributed by atoms with Crippen LogP contribution in [-0.2, 0) is 22.4 Å². The van der Waals surface area contributed by atoms with Crippen molar-refractivity contribution in [3.63, 3.8) is 0 Å². The van der Waals surface area contributed by atoms with Gasteiger partial charge in [0.05, 0.1) is 11.6 Å². The molecule has 0 saturated carbocycles. The second-order valence-corrected chi connectivity index (χ2v) is 9.85. The zero-order valence-corrected chi connectivity index (χ0v) is 22.1. The Morgan fingerprint density at radius 3 is 2.92 bits per heavy atom. The van der Waals surface area contributed by atoms with E-state index < -0.39 is 17.8 Å². The second kappa shape index (κ2) is 13.4. The molecule has 1 aromatic carbocycles. The van der Waals surface area contributed by atoms with Crippen LogP contribution in [0, 0.1) is 5.82 Å². The van der Waals surface area contributed by atoms with Crippen LogP contribution in [-0.4, -0.2) is 76.4 Å². The van der Waals surface area contributed by atoms with Gasteiger partial charge in [0.1, 0.15) is 29.8 Å². The van der Waals surface area contributed by atoms with Crippen LogP contribution < -0.4 is 10.6 Å². The molecule has 1 aliphatic heterocycles. The van der Waals surface area contributed by atoms with E-state index in [1.807, 2.05) is 6.92 Å². The van der Waals surface area contributed by atoms with Crippen LogP contribution in [0.3, 0.4) is 0 Å². The Labute approximate surface area is 222 Å². The lowest BCUT2D eigenvalue weighted by Gasteiger charge is -2.27. The summed E-state index contributed by atoms with van der Waals surface area (Å²) in [5, 5.41) is 16.7. The molecular weight excluding hydrogens is 487 g/mol. The number of aliphatic carboxylic acids is 1. The number of hydrogen-bond donors (Lipinski definition) is 3. The lowest BCUT2D eigenvalue weighted by molar-refractivity contribution is -0.138. The number of carboxylic acid groups (broad SMARTS) is 1. The number of methoxy groups -OCH3 is 1. The van der Waals surface area contributed by atoms with Gasteiger partial charge in [-0.2, -0.15) is 0 Å². The summed E-state index contributed by atoms with van der Waals surface area (Å²) < 4.78 is 19.3. The van der Waals surface area contributed by atoms with Gasteiger partial charge in [-0.05, 0) is 81.8 Å². The highest BCUT2D eigenvalue weighted by molar-refractivity contribution is 5.90. The third-order valence-electron chi connectivity index (χ3n) is 6.97. The molecule has 0 spiro atoms. The van der Waals surface area contributed by atoms with E-state index in [0.29, 0.717) is 36.2 Å². The summed E-state index contributed by atoms with van der Waals surface area (Å²) in [5.41, 5.74) is 2.94. The third kappa shape index (κ3) is 7.58. The van der Waals surface area contributed by atoms with E-state index in [4.69, 9.17) is 9.72 Å². The molecule has 0 aliphatic carbocycles. The topological polar surface area (TPSA) is 113 Å². The number of carboxylic acids is 1. The Kier molecular flexibility index (Phi) is 9.78. The normalized spacial score (nSPS) is 14.6. The first-order valence-corrected chi connectivity index (χ1v) is 13.3. The largest absolute Gasteiger partial charge is 0.480 e. The van der Waals surface area contributed by atoms with Crippen molar-refractivity contribution < 1.29 is 19.0 Å².